The summed E-state index contributed by atoms with van der Waals surface area (Å²) in [5, 5.41) is 40.4. The number of methoxy groups -OCH3 is 1. The van der Waals surface area contributed by atoms with Crippen LogP contribution in [0.3, 0.4) is 0 Å². The lowest BCUT2D eigenvalue weighted by molar-refractivity contribution is 0.0531. The fourth-order valence-electron chi connectivity index (χ4n) is 3.14. The van der Waals surface area contributed by atoms with Crippen LogP contribution in [0.4, 0.5) is 0 Å². The molecule has 0 saturated heterocycles. The molecule has 0 fully saturated rings. The summed E-state index contributed by atoms with van der Waals surface area (Å²) < 4.78 is 15.4. The van der Waals surface area contributed by atoms with E-state index < -0.39 is 30.0 Å². The minimum absolute atomic E-state index is 0.0736. The predicted molar refractivity (Wildman–Crippen MR) is 93.8 cm³/mol. The average molecular weight is 390 g/mol. The molecule has 2 aromatic rings. The number of carbonyl (C=O) groups is 2. The predicted octanol–water partition coefficient (Wildman–Crippen LogP) is 2.16. The molecule has 9 nitrogen and oxygen atoms in total. The third-order valence-electron chi connectivity index (χ3n) is 4.63. The summed E-state index contributed by atoms with van der Waals surface area (Å²) in [6, 6.07) is 1.27. The van der Waals surface area contributed by atoms with Gasteiger partial charge in [0.15, 0.2) is 17.2 Å². The Morgan fingerprint density at radius 2 is 1.86 bits per heavy atom. The Hall–Kier alpha value is -3.46. The van der Waals surface area contributed by atoms with Gasteiger partial charge in [0.1, 0.15) is 23.5 Å². The van der Waals surface area contributed by atoms with E-state index in [4.69, 9.17) is 14.2 Å². The van der Waals surface area contributed by atoms with E-state index in [0.717, 1.165) is 7.11 Å². The van der Waals surface area contributed by atoms with E-state index in [9.17, 15) is 30.0 Å². The molecule has 148 valence electrons. The number of hydrogen-bond acceptors (Lipinski definition) is 9. The van der Waals surface area contributed by atoms with Crippen LogP contribution in [0, 0.1) is 13.8 Å². The van der Waals surface area contributed by atoms with E-state index in [0.29, 0.717) is 11.1 Å². The molecule has 0 amide bonds. The summed E-state index contributed by atoms with van der Waals surface area (Å²) >= 11 is 0. The number of hydrogen-bond donors (Lipinski definition) is 4. The third kappa shape index (κ3) is 2.76. The molecule has 0 saturated carbocycles. The number of aromatic hydroxyl groups is 3. The van der Waals surface area contributed by atoms with Gasteiger partial charge < -0.3 is 34.6 Å². The van der Waals surface area contributed by atoms with E-state index in [1.54, 1.807) is 0 Å². The number of phenolic OH excluding ortho intramolecular Hbond substituents is 2. The number of cyclic esters (lactones) is 1. The Balaban J connectivity index is 2.27. The van der Waals surface area contributed by atoms with Crippen LogP contribution in [0.2, 0.25) is 0 Å². The molecular formula is C19H18O9. The normalized spacial score (nSPS) is 12.5. The second-order valence-corrected chi connectivity index (χ2v) is 6.23. The van der Waals surface area contributed by atoms with Crippen LogP contribution in [0.25, 0.3) is 0 Å². The third-order valence-corrected chi connectivity index (χ3v) is 4.63. The van der Waals surface area contributed by atoms with Crippen molar-refractivity contribution in [3.05, 3.63) is 39.4 Å². The van der Waals surface area contributed by atoms with Crippen LogP contribution in [-0.2, 0) is 22.7 Å². The van der Waals surface area contributed by atoms with Gasteiger partial charge in [-0.3, -0.25) is 0 Å². The Morgan fingerprint density at radius 1 is 1.18 bits per heavy atom. The van der Waals surface area contributed by atoms with Crippen LogP contribution in [0.15, 0.2) is 6.07 Å². The lowest BCUT2D eigenvalue weighted by Gasteiger charge is -2.20. The van der Waals surface area contributed by atoms with Gasteiger partial charge in [-0.25, -0.2) is 9.59 Å². The highest BCUT2D eigenvalue weighted by Crippen LogP contribution is 2.49. The summed E-state index contributed by atoms with van der Waals surface area (Å²) in [6.07, 6.45) is 0. The first-order chi connectivity index (χ1) is 13.2. The van der Waals surface area contributed by atoms with Gasteiger partial charge >= 0.3 is 11.9 Å². The highest BCUT2D eigenvalue weighted by atomic mass is 16.5. The minimum atomic E-state index is -0.789. The Morgan fingerprint density at radius 3 is 2.46 bits per heavy atom. The number of ether oxygens (including phenoxy) is 3. The molecule has 4 N–H and O–H groups in total. The van der Waals surface area contributed by atoms with E-state index in [-0.39, 0.29) is 46.1 Å². The van der Waals surface area contributed by atoms with Crippen molar-refractivity contribution in [2.24, 2.45) is 0 Å². The van der Waals surface area contributed by atoms with E-state index in [1.165, 1.54) is 19.9 Å². The van der Waals surface area contributed by atoms with Crippen molar-refractivity contribution in [2.75, 3.05) is 7.11 Å². The number of aliphatic hydroxyl groups excluding tert-OH is 1. The highest BCUT2D eigenvalue weighted by molar-refractivity contribution is 5.99. The number of aryl methyl sites for hydroxylation is 1. The molecule has 1 aliphatic rings. The van der Waals surface area contributed by atoms with Crippen molar-refractivity contribution in [1.29, 1.82) is 0 Å². The minimum Gasteiger partial charge on any atom is -0.507 e. The van der Waals surface area contributed by atoms with Crippen molar-refractivity contribution in [3.8, 4) is 28.7 Å². The first kappa shape index (κ1) is 19.3. The van der Waals surface area contributed by atoms with E-state index in [2.05, 4.69) is 0 Å². The number of benzene rings is 2. The Kier molecular flexibility index (Phi) is 4.78. The van der Waals surface area contributed by atoms with E-state index in [1.807, 2.05) is 0 Å². The van der Waals surface area contributed by atoms with Crippen LogP contribution in [0.5, 0.6) is 28.7 Å². The average Bonchev–Trinajstić information content (AvgIpc) is 3.04. The van der Waals surface area contributed by atoms with Gasteiger partial charge in [-0.2, -0.15) is 0 Å². The molecule has 1 heterocycles. The quantitative estimate of drug-likeness (QED) is 0.456. The fourth-order valence-corrected chi connectivity index (χ4v) is 3.14. The van der Waals surface area contributed by atoms with Crippen molar-refractivity contribution in [1.82, 2.24) is 0 Å². The largest absolute Gasteiger partial charge is 0.507 e. The summed E-state index contributed by atoms with van der Waals surface area (Å²) in [7, 11) is 1.16. The SMILES string of the molecule is COC(=O)c1c(C)cc(O)c(CO)c1Oc1c(C)c2c(c(O)c1O)C(=O)OC2. The second-order valence-electron chi connectivity index (χ2n) is 6.23. The van der Waals surface area contributed by atoms with Gasteiger partial charge in [-0.05, 0) is 25.5 Å². The van der Waals surface area contributed by atoms with Gasteiger partial charge in [0, 0.05) is 11.1 Å². The molecule has 0 atom stereocenters. The summed E-state index contributed by atoms with van der Waals surface area (Å²) in [6.45, 7) is 2.25. The topological polar surface area (TPSA) is 143 Å². The van der Waals surface area contributed by atoms with Crippen molar-refractivity contribution in [3.63, 3.8) is 0 Å². The molecule has 9 heteroatoms. The molecule has 28 heavy (non-hydrogen) atoms. The highest BCUT2D eigenvalue weighted by Gasteiger charge is 2.34. The number of esters is 2. The van der Waals surface area contributed by atoms with Crippen molar-refractivity contribution >= 4 is 11.9 Å². The van der Waals surface area contributed by atoms with Crippen molar-refractivity contribution in [2.45, 2.75) is 27.1 Å². The molecule has 0 aromatic heterocycles. The number of aliphatic hydroxyl groups is 1. The smallest absolute Gasteiger partial charge is 0.342 e. The number of phenols is 3. The maximum atomic E-state index is 12.2. The molecule has 0 bridgehead atoms. The fraction of sp³-hybridized carbons (Fsp3) is 0.263. The van der Waals surface area contributed by atoms with Crippen LogP contribution in [0.1, 0.15) is 43.0 Å². The Bertz CT molecular complexity index is 1010. The zero-order valence-electron chi connectivity index (χ0n) is 15.3. The standard InChI is InChI=1S/C19H18O9/c1-7-4-11(21)9(5-20)17(12(7)18(24)26-3)28-16-8(2)10-6-27-19(25)13(10)14(22)15(16)23/h4,20-23H,5-6H2,1-3H3. The maximum absolute atomic E-state index is 12.2. The second kappa shape index (κ2) is 6.93. The molecule has 3 rings (SSSR count). The molecule has 2 aromatic carbocycles. The summed E-state index contributed by atoms with van der Waals surface area (Å²) in [5.74, 6) is -3.85. The van der Waals surface area contributed by atoms with Crippen LogP contribution in [-0.4, -0.2) is 39.5 Å². The molecule has 0 radical (unpaired) electrons. The summed E-state index contributed by atoms with van der Waals surface area (Å²) in [5.41, 5.74) is 0.560. The lowest BCUT2D eigenvalue weighted by atomic mass is 9.99. The van der Waals surface area contributed by atoms with Crippen LogP contribution >= 0.6 is 0 Å². The summed E-state index contributed by atoms with van der Waals surface area (Å²) in [4.78, 5) is 24.0. The number of carbonyl (C=O) groups excluding carboxylic acids is 2. The zero-order valence-corrected chi connectivity index (χ0v) is 15.3. The van der Waals surface area contributed by atoms with Crippen molar-refractivity contribution < 1.29 is 44.2 Å². The number of fused-ring (bicyclic) bond motifs is 1. The van der Waals surface area contributed by atoms with Gasteiger partial charge in [-0.15, -0.1) is 0 Å². The molecule has 1 aliphatic heterocycles. The van der Waals surface area contributed by atoms with Gasteiger partial charge in [-0.1, -0.05) is 0 Å². The van der Waals surface area contributed by atoms with Gasteiger partial charge in [0.05, 0.1) is 19.3 Å². The van der Waals surface area contributed by atoms with Gasteiger partial charge in [0.2, 0.25) is 5.75 Å². The molecule has 0 aliphatic carbocycles. The number of rotatable bonds is 4. The molecular weight excluding hydrogens is 372 g/mol. The van der Waals surface area contributed by atoms with E-state index >= 15 is 0 Å². The Labute approximate surface area is 159 Å². The monoisotopic (exact) mass is 390 g/mol. The first-order valence-electron chi connectivity index (χ1n) is 8.19. The maximum Gasteiger partial charge on any atom is 0.342 e. The van der Waals surface area contributed by atoms with Crippen LogP contribution < -0.4 is 4.74 Å². The zero-order chi connectivity index (χ0) is 20.7. The molecule has 0 spiro atoms. The van der Waals surface area contributed by atoms with Gasteiger partial charge in [0.25, 0.3) is 0 Å². The lowest BCUT2D eigenvalue weighted by Crippen LogP contribution is -2.09. The molecule has 0 unspecified atom stereocenters. The first-order valence-corrected chi connectivity index (χ1v) is 8.19.